The lowest BCUT2D eigenvalue weighted by molar-refractivity contribution is -0.135. The summed E-state index contributed by atoms with van der Waals surface area (Å²) in [7, 11) is 0. The zero-order valence-electron chi connectivity index (χ0n) is 24.1. The van der Waals surface area contributed by atoms with Gasteiger partial charge in [0, 0.05) is 6.42 Å². The van der Waals surface area contributed by atoms with Gasteiger partial charge in [-0.3, -0.25) is 4.79 Å². The molecule has 0 fully saturated rings. The fraction of sp³-hybridized carbons (Fsp3) is 0.576. The predicted octanol–water partition coefficient (Wildman–Crippen LogP) is 9.47. The van der Waals surface area contributed by atoms with E-state index in [1.165, 1.54) is 88.5 Å². The lowest BCUT2D eigenvalue weighted by Gasteiger charge is -2.10. The van der Waals surface area contributed by atoms with Crippen molar-refractivity contribution in [3.63, 3.8) is 0 Å². The van der Waals surface area contributed by atoms with Crippen LogP contribution >= 0.6 is 0 Å². The van der Waals surface area contributed by atoms with E-state index in [0.717, 1.165) is 25.3 Å². The van der Waals surface area contributed by atoms with E-state index >= 15 is 0 Å². The van der Waals surface area contributed by atoms with Crippen molar-refractivity contribution in [2.45, 2.75) is 111 Å². The molecule has 0 amide bonds. The van der Waals surface area contributed by atoms with Crippen LogP contribution in [0.1, 0.15) is 121 Å². The van der Waals surface area contributed by atoms with Crippen LogP contribution in [0.25, 0.3) is 0 Å². The molecule has 0 bridgehead atoms. The summed E-state index contributed by atoms with van der Waals surface area (Å²) in [4.78, 5) is 24.4. The zero-order chi connectivity index (χ0) is 28.3. The predicted molar refractivity (Wildman–Crippen MR) is 154 cm³/mol. The van der Waals surface area contributed by atoms with Crippen LogP contribution in [0.2, 0.25) is 0 Å². The van der Waals surface area contributed by atoms with Crippen molar-refractivity contribution in [1.29, 1.82) is 0 Å². The summed E-state index contributed by atoms with van der Waals surface area (Å²) in [5.41, 5.74) is 0.0919. The van der Waals surface area contributed by atoms with E-state index in [4.69, 9.17) is 14.2 Å². The fourth-order valence-corrected chi connectivity index (χ4v) is 4.21. The maximum atomic E-state index is 14.5. The number of carbonyl (C=O) groups is 2. The molecule has 0 heterocycles. The van der Waals surface area contributed by atoms with Crippen LogP contribution in [0.4, 0.5) is 4.39 Å². The van der Waals surface area contributed by atoms with Crippen molar-refractivity contribution in [1.82, 2.24) is 0 Å². The van der Waals surface area contributed by atoms with Gasteiger partial charge in [0.15, 0.2) is 11.6 Å². The van der Waals surface area contributed by atoms with Crippen molar-refractivity contribution in [3.8, 4) is 17.2 Å². The highest BCUT2D eigenvalue weighted by Gasteiger charge is 2.14. The standard InChI is InChI=1S/C33H47FO5/c1-4-6-7-8-9-10-11-12-13-14-15-16-23-37-31-22-17-27(25-30(31)34)33(36)39-29-20-18-28(19-21-29)38-32(35)24-26(3)5-2/h17-22,25-26H,4-16,23-24H2,1-3H3. The Bertz CT molecular complexity index is 973. The first-order valence-corrected chi connectivity index (χ1v) is 14.9. The minimum Gasteiger partial charge on any atom is -0.491 e. The van der Waals surface area contributed by atoms with Crippen LogP contribution < -0.4 is 14.2 Å². The van der Waals surface area contributed by atoms with Crippen molar-refractivity contribution >= 4 is 11.9 Å². The van der Waals surface area contributed by atoms with Crippen LogP contribution in [0.15, 0.2) is 42.5 Å². The third-order valence-electron chi connectivity index (χ3n) is 6.90. The number of esters is 2. The second kappa shape index (κ2) is 19.2. The number of unbranched alkanes of at least 4 members (excludes halogenated alkanes) is 11. The van der Waals surface area contributed by atoms with Gasteiger partial charge in [0.05, 0.1) is 12.2 Å². The third kappa shape index (κ3) is 13.6. The summed E-state index contributed by atoms with van der Waals surface area (Å²) in [6, 6.07) is 10.3. The summed E-state index contributed by atoms with van der Waals surface area (Å²) in [6.45, 7) is 6.71. The summed E-state index contributed by atoms with van der Waals surface area (Å²) >= 11 is 0. The number of hydrogen-bond donors (Lipinski definition) is 0. The number of ether oxygens (including phenoxy) is 3. The van der Waals surface area contributed by atoms with Gasteiger partial charge in [0.1, 0.15) is 11.5 Å². The summed E-state index contributed by atoms with van der Waals surface area (Å²) in [5, 5.41) is 0. The average Bonchev–Trinajstić information content (AvgIpc) is 2.92. The Balaban J connectivity index is 1.64. The number of halogens is 1. The first-order chi connectivity index (χ1) is 18.9. The van der Waals surface area contributed by atoms with Gasteiger partial charge in [-0.15, -0.1) is 0 Å². The molecule has 0 spiro atoms. The van der Waals surface area contributed by atoms with Crippen molar-refractivity contribution in [2.75, 3.05) is 6.61 Å². The number of benzene rings is 2. The molecule has 0 aromatic heterocycles. The molecule has 1 unspecified atom stereocenters. The fourth-order valence-electron chi connectivity index (χ4n) is 4.21. The summed E-state index contributed by atoms with van der Waals surface area (Å²) in [6.07, 6.45) is 16.3. The quantitative estimate of drug-likeness (QED) is 0.0947. The molecule has 0 aliphatic carbocycles. The molecule has 1 atom stereocenters. The van der Waals surface area contributed by atoms with E-state index in [-0.39, 0.29) is 28.9 Å². The molecular weight excluding hydrogens is 495 g/mol. The molecule has 5 nitrogen and oxygen atoms in total. The van der Waals surface area contributed by atoms with Gasteiger partial charge in [-0.05, 0) is 54.8 Å². The van der Waals surface area contributed by atoms with Crippen LogP contribution in [0.5, 0.6) is 17.2 Å². The van der Waals surface area contributed by atoms with Crippen molar-refractivity contribution in [2.24, 2.45) is 5.92 Å². The van der Waals surface area contributed by atoms with Crippen molar-refractivity contribution in [3.05, 3.63) is 53.8 Å². The monoisotopic (exact) mass is 542 g/mol. The Hall–Kier alpha value is -2.89. The Morgan fingerprint density at radius 2 is 1.28 bits per heavy atom. The number of carbonyl (C=O) groups excluding carboxylic acids is 2. The SMILES string of the molecule is CCCCCCCCCCCCCCOc1ccc(C(=O)Oc2ccc(OC(=O)CC(C)CC)cc2)cc1F. The van der Waals surface area contributed by atoms with Gasteiger partial charge in [-0.25, -0.2) is 9.18 Å². The van der Waals surface area contributed by atoms with E-state index in [9.17, 15) is 14.0 Å². The second-order valence-electron chi connectivity index (χ2n) is 10.4. The summed E-state index contributed by atoms with van der Waals surface area (Å²) < 4.78 is 30.7. The van der Waals surface area contributed by atoms with Crippen LogP contribution in [0, 0.1) is 11.7 Å². The smallest absolute Gasteiger partial charge is 0.343 e. The lowest BCUT2D eigenvalue weighted by atomic mass is 10.1. The first kappa shape index (κ1) is 32.3. The number of hydrogen-bond acceptors (Lipinski definition) is 5. The van der Waals surface area contributed by atoms with Crippen LogP contribution in [-0.4, -0.2) is 18.5 Å². The van der Waals surface area contributed by atoms with Crippen LogP contribution in [0.3, 0.4) is 0 Å². The van der Waals surface area contributed by atoms with E-state index in [0.29, 0.717) is 18.8 Å². The highest BCUT2D eigenvalue weighted by molar-refractivity contribution is 5.91. The maximum absolute atomic E-state index is 14.5. The molecule has 0 aliphatic heterocycles. The van der Waals surface area contributed by atoms with E-state index in [2.05, 4.69) is 6.92 Å². The van der Waals surface area contributed by atoms with Gasteiger partial charge in [-0.2, -0.15) is 0 Å². The van der Waals surface area contributed by atoms with E-state index in [1.807, 2.05) is 13.8 Å². The first-order valence-electron chi connectivity index (χ1n) is 14.9. The molecule has 2 aromatic carbocycles. The molecule has 39 heavy (non-hydrogen) atoms. The highest BCUT2D eigenvalue weighted by atomic mass is 19.1. The molecule has 2 aromatic rings. The van der Waals surface area contributed by atoms with Gasteiger partial charge in [0.2, 0.25) is 0 Å². The van der Waals surface area contributed by atoms with E-state index < -0.39 is 11.8 Å². The molecule has 216 valence electrons. The Kier molecular flexibility index (Phi) is 15.9. The minimum absolute atomic E-state index is 0.0919. The molecule has 0 N–H and O–H groups in total. The lowest BCUT2D eigenvalue weighted by Crippen LogP contribution is -2.12. The topological polar surface area (TPSA) is 61.8 Å². The highest BCUT2D eigenvalue weighted by Crippen LogP contribution is 2.23. The molecular formula is C33H47FO5. The largest absolute Gasteiger partial charge is 0.491 e. The van der Waals surface area contributed by atoms with Gasteiger partial charge in [-0.1, -0.05) is 97.8 Å². The summed E-state index contributed by atoms with van der Waals surface area (Å²) in [5.74, 6) is -0.527. The molecule has 2 rings (SSSR count). The van der Waals surface area contributed by atoms with Crippen LogP contribution in [-0.2, 0) is 4.79 Å². The molecule has 0 saturated carbocycles. The molecule has 0 radical (unpaired) electrons. The Labute approximate surface area is 234 Å². The van der Waals surface area contributed by atoms with Gasteiger partial charge >= 0.3 is 11.9 Å². The molecule has 0 saturated heterocycles. The van der Waals surface area contributed by atoms with Crippen molar-refractivity contribution < 1.29 is 28.2 Å². The Morgan fingerprint density at radius 1 is 0.744 bits per heavy atom. The maximum Gasteiger partial charge on any atom is 0.343 e. The van der Waals surface area contributed by atoms with Gasteiger partial charge < -0.3 is 14.2 Å². The molecule has 0 aliphatic rings. The molecule has 6 heteroatoms. The zero-order valence-corrected chi connectivity index (χ0v) is 24.1. The second-order valence-corrected chi connectivity index (χ2v) is 10.4. The average molecular weight is 543 g/mol. The third-order valence-corrected chi connectivity index (χ3v) is 6.90. The minimum atomic E-state index is -0.678. The number of rotatable bonds is 20. The van der Waals surface area contributed by atoms with E-state index in [1.54, 1.807) is 12.1 Å². The van der Waals surface area contributed by atoms with Gasteiger partial charge in [0.25, 0.3) is 0 Å². The normalized spacial score (nSPS) is 11.7. The Morgan fingerprint density at radius 3 is 1.82 bits per heavy atom.